The first-order valence-electron chi connectivity index (χ1n) is 6.94. The highest BCUT2D eigenvalue weighted by molar-refractivity contribution is 6.30. The molecule has 0 spiro atoms. The summed E-state index contributed by atoms with van der Waals surface area (Å²) in [4.78, 5) is 16.4. The number of aromatic hydroxyl groups is 1. The van der Waals surface area contributed by atoms with Crippen LogP contribution in [0.25, 0.3) is 10.9 Å². The van der Waals surface area contributed by atoms with E-state index in [0.717, 1.165) is 5.56 Å². The van der Waals surface area contributed by atoms with E-state index in [9.17, 15) is 9.90 Å². The van der Waals surface area contributed by atoms with Gasteiger partial charge in [0.1, 0.15) is 11.3 Å². The van der Waals surface area contributed by atoms with Crippen molar-refractivity contribution in [2.45, 2.75) is 6.54 Å². The third-order valence-electron chi connectivity index (χ3n) is 3.48. The van der Waals surface area contributed by atoms with Gasteiger partial charge in [-0.3, -0.25) is 9.78 Å². The predicted octanol–water partition coefficient (Wildman–Crippen LogP) is 3.11. The van der Waals surface area contributed by atoms with E-state index < -0.39 is 5.91 Å². The second kappa shape index (κ2) is 6.14. The zero-order valence-electron chi connectivity index (χ0n) is 12.1. The summed E-state index contributed by atoms with van der Waals surface area (Å²) in [6.45, 7) is 0.329. The molecule has 0 aliphatic carbocycles. The van der Waals surface area contributed by atoms with Gasteiger partial charge in [-0.1, -0.05) is 23.7 Å². The summed E-state index contributed by atoms with van der Waals surface area (Å²) in [7, 11) is 0. The van der Waals surface area contributed by atoms with Crippen molar-refractivity contribution in [1.82, 2.24) is 10.3 Å². The number of fused-ring (bicyclic) bond motifs is 1. The lowest BCUT2D eigenvalue weighted by Crippen LogP contribution is -2.23. The first-order chi connectivity index (χ1) is 11.0. The van der Waals surface area contributed by atoms with Crippen LogP contribution in [0.3, 0.4) is 0 Å². The molecule has 3 aromatic rings. The number of aromatic nitrogens is 1. The maximum atomic E-state index is 12.3. The number of amides is 1. The molecule has 0 aliphatic heterocycles. The summed E-state index contributed by atoms with van der Waals surface area (Å²) in [5.41, 5.74) is 7.80. The lowest BCUT2D eigenvalue weighted by molar-refractivity contribution is 0.0948. The van der Waals surface area contributed by atoms with Crippen LogP contribution in [-0.4, -0.2) is 16.0 Å². The monoisotopic (exact) mass is 327 g/mol. The van der Waals surface area contributed by atoms with Gasteiger partial charge in [-0.25, -0.2) is 0 Å². The quantitative estimate of drug-likeness (QED) is 0.645. The van der Waals surface area contributed by atoms with Gasteiger partial charge in [-0.2, -0.15) is 0 Å². The molecule has 0 radical (unpaired) electrons. The molecule has 0 bridgehead atoms. The molecule has 5 nitrogen and oxygen atoms in total. The Bertz CT molecular complexity index is 879. The maximum Gasteiger partial charge on any atom is 0.256 e. The third-order valence-corrected chi connectivity index (χ3v) is 3.73. The third kappa shape index (κ3) is 3.19. The molecule has 6 heteroatoms. The lowest BCUT2D eigenvalue weighted by Gasteiger charge is -2.09. The van der Waals surface area contributed by atoms with Crippen LogP contribution in [0.4, 0.5) is 5.69 Å². The summed E-state index contributed by atoms with van der Waals surface area (Å²) < 4.78 is 0. The number of hydrogen-bond donors (Lipinski definition) is 3. The van der Waals surface area contributed by atoms with Crippen LogP contribution >= 0.6 is 11.6 Å². The fraction of sp³-hybridized carbons (Fsp3) is 0.0588. The summed E-state index contributed by atoms with van der Waals surface area (Å²) in [6.07, 6.45) is 1.34. The summed E-state index contributed by atoms with van der Waals surface area (Å²) in [6, 6.07) is 12.1. The Morgan fingerprint density at radius 1 is 1.22 bits per heavy atom. The molecule has 1 heterocycles. The van der Waals surface area contributed by atoms with E-state index in [1.807, 2.05) is 12.1 Å². The number of nitrogens with one attached hydrogen (secondary N) is 1. The number of benzene rings is 2. The van der Waals surface area contributed by atoms with Gasteiger partial charge >= 0.3 is 0 Å². The lowest BCUT2D eigenvalue weighted by atomic mass is 10.1. The zero-order chi connectivity index (χ0) is 16.4. The Kier molecular flexibility index (Phi) is 4.04. The van der Waals surface area contributed by atoms with E-state index in [1.54, 1.807) is 30.3 Å². The first-order valence-corrected chi connectivity index (χ1v) is 7.32. The number of nitrogens with two attached hydrogens (primary N) is 1. The molecule has 1 amide bonds. The van der Waals surface area contributed by atoms with Crippen LogP contribution in [0.2, 0.25) is 5.02 Å². The Balaban J connectivity index is 1.82. The van der Waals surface area contributed by atoms with Crippen molar-refractivity contribution >= 4 is 34.1 Å². The average molecular weight is 328 g/mol. The second-order valence-corrected chi connectivity index (χ2v) is 5.54. The summed E-state index contributed by atoms with van der Waals surface area (Å²) >= 11 is 5.82. The number of hydrogen-bond acceptors (Lipinski definition) is 4. The van der Waals surface area contributed by atoms with Crippen LogP contribution in [-0.2, 0) is 6.54 Å². The molecule has 116 valence electrons. The fourth-order valence-corrected chi connectivity index (χ4v) is 2.37. The van der Waals surface area contributed by atoms with Gasteiger partial charge in [0, 0.05) is 28.8 Å². The minimum absolute atomic E-state index is 0.108. The molecular formula is C17H14ClN3O2. The van der Waals surface area contributed by atoms with Gasteiger partial charge in [0.15, 0.2) is 0 Å². The van der Waals surface area contributed by atoms with Crippen LogP contribution in [0.15, 0.2) is 48.7 Å². The molecule has 3 rings (SSSR count). The van der Waals surface area contributed by atoms with Crippen LogP contribution in [0, 0.1) is 0 Å². The van der Waals surface area contributed by atoms with Crippen molar-refractivity contribution in [2.24, 2.45) is 0 Å². The van der Waals surface area contributed by atoms with Crippen LogP contribution in [0.1, 0.15) is 15.9 Å². The van der Waals surface area contributed by atoms with Crippen molar-refractivity contribution in [1.29, 1.82) is 0 Å². The molecule has 2 aromatic carbocycles. The highest BCUT2D eigenvalue weighted by atomic mass is 35.5. The SMILES string of the molecule is Nc1ccc2c(O)c(C(=O)NCc3ccc(Cl)cc3)cnc2c1. The Labute approximate surface area is 137 Å². The molecule has 0 fully saturated rings. The molecule has 0 aliphatic rings. The van der Waals surface area contributed by atoms with E-state index in [0.29, 0.717) is 28.2 Å². The molecular weight excluding hydrogens is 314 g/mol. The number of rotatable bonds is 3. The van der Waals surface area contributed by atoms with Crippen molar-refractivity contribution in [3.63, 3.8) is 0 Å². The molecule has 23 heavy (non-hydrogen) atoms. The first kappa shape index (κ1) is 15.1. The van der Waals surface area contributed by atoms with E-state index in [4.69, 9.17) is 17.3 Å². The number of pyridine rings is 1. The Morgan fingerprint density at radius 2 is 1.96 bits per heavy atom. The van der Waals surface area contributed by atoms with Gasteiger partial charge in [0.2, 0.25) is 0 Å². The molecule has 0 saturated carbocycles. The molecule has 0 saturated heterocycles. The number of nitrogen functional groups attached to an aromatic ring is 1. The van der Waals surface area contributed by atoms with Gasteiger partial charge < -0.3 is 16.2 Å². The van der Waals surface area contributed by atoms with Crippen LogP contribution < -0.4 is 11.1 Å². The number of carbonyl (C=O) groups is 1. The van der Waals surface area contributed by atoms with Gasteiger partial charge in [-0.05, 0) is 35.9 Å². The van der Waals surface area contributed by atoms with E-state index >= 15 is 0 Å². The van der Waals surface area contributed by atoms with E-state index in [-0.39, 0.29) is 11.3 Å². The average Bonchev–Trinajstić information content (AvgIpc) is 2.54. The fourth-order valence-electron chi connectivity index (χ4n) is 2.24. The van der Waals surface area contributed by atoms with Crippen molar-refractivity contribution < 1.29 is 9.90 Å². The summed E-state index contributed by atoms with van der Waals surface area (Å²) in [5.74, 6) is -0.507. The van der Waals surface area contributed by atoms with Crippen molar-refractivity contribution in [3.05, 3.63) is 64.8 Å². The van der Waals surface area contributed by atoms with Crippen LogP contribution in [0.5, 0.6) is 5.75 Å². The van der Waals surface area contributed by atoms with E-state index in [1.165, 1.54) is 6.20 Å². The normalized spacial score (nSPS) is 10.7. The highest BCUT2D eigenvalue weighted by Gasteiger charge is 2.14. The number of carbonyl (C=O) groups excluding carboxylic acids is 1. The van der Waals surface area contributed by atoms with E-state index in [2.05, 4.69) is 10.3 Å². The minimum Gasteiger partial charge on any atom is -0.506 e. The van der Waals surface area contributed by atoms with Gasteiger partial charge in [-0.15, -0.1) is 0 Å². The predicted molar refractivity (Wildman–Crippen MR) is 90.4 cm³/mol. The minimum atomic E-state index is -0.399. The summed E-state index contributed by atoms with van der Waals surface area (Å²) in [5, 5.41) is 14.1. The topological polar surface area (TPSA) is 88.2 Å². The molecule has 1 aromatic heterocycles. The maximum absolute atomic E-state index is 12.3. The van der Waals surface area contributed by atoms with Gasteiger partial charge in [0.05, 0.1) is 5.52 Å². The zero-order valence-corrected chi connectivity index (χ0v) is 12.8. The molecule has 0 unspecified atom stereocenters. The second-order valence-electron chi connectivity index (χ2n) is 5.11. The number of nitrogens with zero attached hydrogens (tertiary/aromatic N) is 1. The standard InChI is InChI=1S/C17H14ClN3O2/c18-11-3-1-10(2-4-11)8-21-17(23)14-9-20-15-7-12(19)5-6-13(15)16(14)22/h1-7,9H,8,19H2,(H,20,22)(H,21,23). The molecule has 0 atom stereocenters. The van der Waals surface area contributed by atoms with Crippen molar-refractivity contribution in [2.75, 3.05) is 5.73 Å². The highest BCUT2D eigenvalue weighted by Crippen LogP contribution is 2.28. The van der Waals surface area contributed by atoms with Gasteiger partial charge in [0.25, 0.3) is 5.91 Å². The Hall–Kier alpha value is -2.79. The largest absolute Gasteiger partial charge is 0.506 e. The Morgan fingerprint density at radius 3 is 2.70 bits per heavy atom. The number of halogens is 1. The van der Waals surface area contributed by atoms with Crippen molar-refractivity contribution in [3.8, 4) is 5.75 Å². The number of anilines is 1. The smallest absolute Gasteiger partial charge is 0.256 e. The molecule has 4 N–H and O–H groups in total.